The van der Waals surface area contributed by atoms with Crippen molar-refractivity contribution in [3.8, 4) is 74.0 Å². The standard InChI is InChI=1S/C22H18O2.C20H14O2.C11H11BO3.2C11H9BrO.C10H7BrO.C10H8O.C8H19N.CH3I.2CH4.BBr3.BHNS.K.H2O/c1-23-21-17-9-5-3-7-15(17)11-13-19(21)20-14-12-16-8-4-6-10-18(16)22(20)24-2;21-19-15-7-3-1-5-13(15)9-11-17(19)18-12-10-14-6-2-4-8-16(14)20(18)22;1-15-11-9-5-3-2-4-8(9)6-7-10(11)12(13)14;2*1-13-11-9-5-3-2-4-8(9)6-7-10(11)12;11-9-6-5-7-3-1-2-4-8(7)10(9)12;11-10-7-3-5-8-4-1-2-6-9(8)10;1-6-9(7(2)3)8(4)5;1-2;;;2-1(3)4;1-2-3;;/h3-14H,1-2H3;1-12,21-22H;2-7,13-14H,1H3;2*2-7H,1H3;1-6,12H;1-7,11H;7-8H,6H2,1-5H3;1H3;2*1H4;;3H;;1H2/q;;;;;;;;;;;;;+1;/p-1. The van der Waals surface area contributed by atoms with Crippen LogP contribution in [0.5, 0.6) is 51.7 Å². The molecule has 0 bridgehead atoms. The predicted molar refractivity (Wildman–Crippen MR) is 594 cm³/mol. The van der Waals surface area contributed by atoms with E-state index in [1.54, 1.807) is 40.6 Å². The van der Waals surface area contributed by atoms with E-state index >= 15 is 0 Å². The number of halogens is 7. The van der Waals surface area contributed by atoms with Crippen LogP contribution < -0.4 is 80.5 Å². The average Bonchev–Trinajstić information content (AvgIpc) is 0.796. The second-order valence-electron chi connectivity index (χ2n) is 28.5. The summed E-state index contributed by atoms with van der Waals surface area (Å²) in [5.41, 5.74) is 3.75. The van der Waals surface area contributed by atoms with Crippen molar-refractivity contribution in [2.75, 3.05) is 47.0 Å². The molecule has 0 aliphatic carbocycles. The predicted octanol–water partition coefficient (Wildman–Crippen LogP) is 28.0. The third-order valence-electron chi connectivity index (χ3n) is 20.3. The van der Waals surface area contributed by atoms with Gasteiger partial charge in [0.1, 0.15) is 51.7 Å². The maximum atomic E-state index is 10.6. The van der Waals surface area contributed by atoms with Crippen LogP contribution in [0.25, 0.3) is 119 Å². The van der Waals surface area contributed by atoms with Crippen LogP contribution >= 0.6 is 130 Å². The van der Waals surface area contributed by atoms with Gasteiger partial charge in [0.2, 0.25) is 0 Å². The monoisotopic (exact) mass is 2310 g/mol. The van der Waals surface area contributed by atoms with Gasteiger partial charge in [-0.3, -0.25) is 4.90 Å². The molecule has 0 fully saturated rings. The largest absolute Gasteiger partial charge is 1.00 e. The van der Waals surface area contributed by atoms with Gasteiger partial charge in [-0.1, -0.05) is 329 Å². The second-order valence-corrected chi connectivity index (χ2v) is 37.7. The number of nitrogens with zero attached hydrogens (tertiary/aromatic N) is 2. The third kappa shape index (κ3) is 31.8. The van der Waals surface area contributed by atoms with Crippen LogP contribution in [-0.4, -0.2) is 118 Å². The molecule has 0 aromatic heterocycles. The fourth-order valence-electron chi connectivity index (χ4n) is 14.6. The van der Waals surface area contributed by atoms with Gasteiger partial charge in [-0.2, -0.15) is 0 Å². The zero-order chi connectivity index (χ0) is 92.9. The van der Waals surface area contributed by atoms with Crippen molar-refractivity contribution in [3.05, 3.63) is 347 Å². The van der Waals surface area contributed by atoms with E-state index in [1.165, 1.54) is 17.9 Å². The number of benzene rings is 18. The van der Waals surface area contributed by atoms with Crippen LogP contribution in [0.4, 0.5) is 0 Å². The van der Waals surface area contributed by atoms with E-state index in [0.29, 0.717) is 45.9 Å². The first-order valence-corrected chi connectivity index (χ1v) is 48.1. The molecule has 0 aliphatic rings. The molecule has 0 saturated carbocycles. The molecule has 1 radical (unpaired) electrons. The summed E-state index contributed by atoms with van der Waals surface area (Å²) in [6.07, 6.45) is 0. The molecule has 18 aromatic rings. The molecule has 0 atom stereocenters. The Balaban J connectivity index is 0.000000315. The van der Waals surface area contributed by atoms with Crippen LogP contribution in [0, 0.1) is 0 Å². The van der Waals surface area contributed by atoms with E-state index in [2.05, 4.69) is 267 Å². The van der Waals surface area contributed by atoms with Crippen LogP contribution in [0.1, 0.15) is 49.5 Å². The van der Waals surface area contributed by atoms with Crippen molar-refractivity contribution in [2.24, 2.45) is 4.30 Å². The van der Waals surface area contributed by atoms with Crippen LogP contribution in [0.2, 0.25) is 0 Å². The number of rotatable bonds is 11. The van der Waals surface area contributed by atoms with E-state index in [1.807, 2.05) is 242 Å². The van der Waals surface area contributed by atoms with Crippen LogP contribution in [0.15, 0.2) is 351 Å². The van der Waals surface area contributed by atoms with Gasteiger partial charge in [-0.25, -0.2) is 0 Å². The summed E-state index contributed by atoms with van der Waals surface area (Å²) in [7, 11) is 11.2. The average molecular weight is 2310 g/mol. The van der Waals surface area contributed by atoms with Crippen molar-refractivity contribution >= 4 is 251 Å². The molecule has 26 heteroatoms. The molecule has 0 unspecified atom stereocenters. The van der Waals surface area contributed by atoms with E-state index < -0.39 is 7.12 Å². The molecule has 7 N–H and O–H groups in total. The minimum Gasteiger partial charge on any atom is -0.870 e. The maximum absolute atomic E-state index is 10.6. The first-order valence-electron chi connectivity index (χ1n) is 40.4. The Bertz CT molecular complexity index is 6390. The molecule has 0 spiro atoms. The third-order valence-corrected chi connectivity index (χ3v) is 22.2. The normalized spacial score (nSPS) is 9.99. The Hall–Kier alpha value is -8.07. The molecule has 0 aliphatic heterocycles. The van der Waals surface area contributed by atoms with E-state index in [0.717, 1.165) is 140 Å². The number of ether oxygens (including phenoxy) is 5. The Labute approximate surface area is 889 Å². The van der Waals surface area contributed by atoms with Gasteiger partial charge >= 0.3 is 86.4 Å². The maximum Gasteiger partial charge on any atom is 1.00 e. The smallest absolute Gasteiger partial charge is 0.870 e. The van der Waals surface area contributed by atoms with Gasteiger partial charge < -0.3 is 59.6 Å². The van der Waals surface area contributed by atoms with Crippen LogP contribution in [0.3, 0.4) is 0 Å². The van der Waals surface area contributed by atoms with Gasteiger partial charge in [0.25, 0.3) is 0 Å². The fraction of sp³-hybridized carbons (Fsp3) is 0.151. The summed E-state index contributed by atoms with van der Waals surface area (Å²) in [6, 6.07) is 110. The number of thiol groups is 1. The molecule has 0 saturated heterocycles. The number of alkyl halides is 1. The summed E-state index contributed by atoms with van der Waals surface area (Å²) < 4.78 is 33.1. The summed E-state index contributed by atoms with van der Waals surface area (Å²) in [4.78, 5) is 4.43. The van der Waals surface area contributed by atoms with Gasteiger partial charge in [-0.05, 0) is 184 Å². The number of methoxy groups -OCH3 is 5. The number of phenolic OH excluding ortho intramolecular Hbond substituents is 4. The minimum absolute atomic E-state index is 0. The first-order chi connectivity index (χ1) is 61.9. The summed E-state index contributed by atoms with van der Waals surface area (Å²) in [5.74, 6) is 5.13. The van der Waals surface area contributed by atoms with E-state index in [4.69, 9.17) is 23.7 Å². The Morgan fingerprint density at radius 1 is 0.333 bits per heavy atom. The number of fused-ring (bicyclic) bond motifs is 9. The molecular weight excluding hydrogens is 2200 g/mol. The Morgan fingerprint density at radius 2 is 0.553 bits per heavy atom. The molecule has 18 rings (SSSR count). The Morgan fingerprint density at radius 3 is 0.826 bits per heavy atom. The topological polar surface area (TPSA) is 213 Å². The molecule has 132 heavy (non-hydrogen) atoms. The molecule has 0 heterocycles. The minimum atomic E-state index is -1.51. The zero-order valence-electron chi connectivity index (χ0n) is 74.0. The van der Waals surface area contributed by atoms with E-state index in [-0.39, 0.29) is 86.4 Å². The van der Waals surface area contributed by atoms with Crippen molar-refractivity contribution in [2.45, 2.75) is 61.6 Å². The van der Waals surface area contributed by atoms with Crippen LogP contribution in [-0.2, 0) is 0 Å². The molecule has 679 valence electrons. The first kappa shape index (κ1) is 116. The zero-order valence-corrected chi connectivity index (χ0v) is 89.7. The fourth-order valence-corrected chi connectivity index (χ4v) is 16.0. The second kappa shape index (κ2) is 60.4. The van der Waals surface area contributed by atoms with Gasteiger partial charge in [-0.15, -0.1) is 47.3 Å². The van der Waals surface area contributed by atoms with E-state index in [9.17, 15) is 30.5 Å². The Kier molecular flexibility index (Phi) is 53.2. The molecular formula is C106H108B3Br6IKN2O12S. The van der Waals surface area contributed by atoms with Gasteiger partial charge in [0.05, 0.1) is 49.0 Å². The summed E-state index contributed by atoms with van der Waals surface area (Å²) in [6.45, 7) is 12.3. The number of hydrogen-bond donors (Lipinski definition) is 7. The van der Waals surface area contributed by atoms with Gasteiger partial charge in [0, 0.05) is 88.3 Å². The van der Waals surface area contributed by atoms with Gasteiger partial charge in [0.15, 0.2) is 0 Å². The molecule has 14 nitrogen and oxygen atoms in total. The quantitative estimate of drug-likeness (QED) is 0.0278. The van der Waals surface area contributed by atoms with Crippen molar-refractivity contribution in [1.29, 1.82) is 0 Å². The molecule has 18 aromatic carbocycles. The number of phenols is 4. The summed E-state index contributed by atoms with van der Waals surface area (Å²) in [5, 5.41) is 77.0. The number of hydrogen-bond acceptors (Lipinski definition) is 15. The van der Waals surface area contributed by atoms with Crippen molar-refractivity contribution in [1.82, 2.24) is 4.90 Å². The SMILES string of the molecule is BrB(Br)Br.C.C.CCN(C(C)C)C(C)C.CI.COc1c(-c2ccc3ccccc3c2OC)ccc2ccccc12.COc1c(B(O)O)ccc2ccccc12.COc1c(Br)ccc2ccccc12.COc1c(Br)ccc2ccccc12.Oc1c(-c2ccc3ccccc3c2O)ccc2ccccc12.Oc1c(Br)ccc2ccccc12.Oc1cccc2ccccc12.[B]=NS.[K+].[OH-]. The van der Waals surface area contributed by atoms with Crippen molar-refractivity contribution < 1.29 is 111 Å². The number of aromatic hydroxyl groups is 4. The van der Waals surface area contributed by atoms with Crippen molar-refractivity contribution in [3.63, 3.8) is 0 Å². The summed E-state index contributed by atoms with van der Waals surface area (Å²) >= 11 is 24.8. The molecule has 0 amide bonds.